The van der Waals surface area contributed by atoms with Gasteiger partial charge in [-0.3, -0.25) is 4.79 Å². The number of anilines is 2. The van der Waals surface area contributed by atoms with E-state index in [1.807, 2.05) is 25.1 Å². The lowest BCUT2D eigenvalue weighted by atomic mass is 10.2. The molecule has 0 aliphatic carbocycles. The summed E-state index contributed by atoms with van der Waals surface area (Å²) in [6.07, 6.45) is 0.226. The van der Waals surface area contributed by atoms with Gasteiger partial charge in [0.1, 0.15) is 0 Å². The lowest BCUT2D eigenvalue weighted by molar-refractivity contribution is -0.115. The molecule has 0 atom stereocenters. The van der Waals surface area contributed by atoms with Crippen LogP contribution in [-0.4, -0.2) is 25.5 Å². The van der Waals surface area contributed by atoms with Crippen molar-refractivity contribution in [3.63, 3.8) is 0 Å². The summed E-state index contributed by atoms with van der Waals surface area (Å²) in [6.45, 7) is 2.35. The zero-order valence-corrected chi connectivity index (χ0v) is 15.4. The van der Waals surface area contributed by atoms with E-state index in [0.717, 1.165) is 11.3 Å². The molecular weight excluding hydrogens is 363 g/mol. The number of carbonyl (C=O) groups is 2. The first-order valence-electron chi connectivity index (χ1n) is 7.58. The topological polar surface area (TPSA) is 67.4 Å². The highest BCUT2D eigenvalue weighted by Crippen LogP contribution is 2.24. The molecule has 2 aromatic carbocycles. The number of ether oxygens (including phenoxy) is 1. The number of rotatable bonds is 6. The zero-order valence-electron chi connectivity index (χ0n) is 13.9. The van der Waals surface area contributed by atoms with Crippen LogP contribution in [-0.2, 0) is 9.53 Å². The molecular formula is C18H18Cl2N2O3. The van der Waals surface area contributed by atoms with Crippen molar-refractivity contribution in [1.82, 2.24) is 0 Å². The quantitative estimate of drug-likeness (QED) is 0.722. The van der Waals surface area contributed by atoms with Gasteiger partial charge in [0.25, 0.3) is 0 Å². The first kappa shape index (κ1) is 19.1. The van der Waals surface area contributed by atoms with Crippen molar-refractivity contribution >= 4 is 46.5 Å². The molecule has 7 heteroatoms. The van der Waals surface area contributed by atoms with Crippen molar-refractivity contribution in [2.24, 2.45) is 0 Å². The summed E-state index contributed by atoms with van der Waals surface area (Å²) in [5.41, 5.74) is 2.52. The second-order valence-corrected chi connectivity index (χ2v) is 6.19. The van der Waals surface area contributed by atoms with Crippen molar-refractivity contribution in [1.29, 1.82) is 0 Å². The van der Waals surface area contributed by atoms with Gasteiger partial charge in [0.05, 0.1) is 23.4 Å². The van der Waals surface area contributed by atoms with Crippen LogP contribution in [0.15, 0.2) is 36.4 Å². The number of benzene rings is 2. The molecule has 0 aliphatic heterocycles. The van der Waals surface area contributed by atoms with E-state index in [1.54, 1.807) is 0 Å². The van der Waals surface area contributed by atoms with Gasteiger partial charge in [-0.1, -0.05) is 29.3 Å². The van der Waals surface area contributed by atoms with Crippen LogP contribution in [0, 0.1) is 6.92 Å². The largest absolute Gasteiger partial charge is 0.465 e. The number of nitrogens with one attached hydrogen (secondary N) is 2. The fraction of sp³-hybridized carbons (Fsp3) is 0.222. The maximum Gasteiger partial charge on any atom is 0.337 e. The summed E-state index contributed by atoms with van der Waals surface area (Å²) in [5.74, 6) is -0.722. The standard InChI is InChI=1S/C18H18Cl2N2O3/c1-11-3-5-13(10-15(11)20)21-8-7-17(23)22-16-9-12(18(24)25-2)4-6-14(16)19/h3-6,9-10,21H,7-8H2,1-2H3,(H,22,23). The van der Waals surface area contributed by atoms with Gasteiger partial charge in [0.2, 0.25) is 5.91 Å². The predicted molar refractivity (Wildman–Crippen MR) is 101 cm³/mol. The Labute approximate surface area is 156 Å². The molecule has 25 heavy (non-hydrogen) atoms. The predicted octanol–water partition coefficient (Wildman–Crippen LogP) is 4.53. The minimum Gasteiger partial charge on any atom is -0.465 e. The molecule has 0 spiro atoms. The summed E-state index contributed by atoms with van der Waals surface area (Å²) in [7, 11) is 1.29. The first-order valence-corrected chi connectivity index (χ1v) is 8.34. The van der Waals surface area contributed by atoms with E-state index in [-0.39, 0.29) is 12.3 Å². The number of hydrogen-bond acceptors (Lipinski definition) is 4. The highest BCUT2D eigenvalue weighted by molar-refractivity contribution is 6.34. The molecule has 0 saturated carbocycles. The number of hydrogen-bond donors (Lipinski definition) is 2. The maximum absolute atomic E-state index is 12.1. The average Bonchev–Trinajstić information content (AvgIpc) is 2.59. The third kappa shape index (κ3) is 5.37. The summed E-state index contributed by atoms with van der Waals surface area (Å²) >= 11 is 12.1. The highest BCUT2D eigenvalue weighted by Gasteiger charge is 2.11. The first-order chi connectivity index (χ1) is 11.9. The van der Waals surface area contributed by atoms with Crippen LogP contribution in [0.3, 0.4) is 0 Å². The summed E-state index contributed by atoms with van der Waals surface area (Å²) in [5, 5.41) is 6.84. The van der Waals surface area contributed by atoms with Gasteiger partial charge in [-0.15, -0.1) is 0 Å². The van der Waals surface area contributed by atoms with Crippen molar-refractivity contribution in [2.45, 2.75) is 13.3 Å². The monoisotopic (exact) mass is 380 g/mol. The SMILES string of the molecule is COC(=O)c1ccc(Cl)c(NC(=O)CCNc2ccc(C)c(Cl)c2)c1. The van der Waals surface area contributed by atoms with Crippen molar-refractivity contribution < 1.29 is 14.3 Å². The van der Waals surface area contributed by atoms with E-state index in [2.05, 4.69) is 15.4 Å². The van der Waals surface area contributed by atoms with E-state index < -0.39 is 5.97 Å². The fourth-order valence-electron chi connectivity index (χ4n) is 2.10. The van der Waals surface area contributed by atoms with Crippen LogP contribution in [0.4, 0.5) is 11.4 Å². The summed E-state index contributed by atoms with van der Waals surface area (Å²) < 4.78 is 4.65. The Hall–Kier alpha value is -2.24. The van der Waals surface area contributed by atoms with Crippen LogP contribution >= 0.6 is 23.2 Å². The number of amides is 1. The molecule has 0 fully saturated rings. The molecule has 132 valence electrons. The Kier molecular flexibility index (Phi) is 6.67. The number of aryl methyl sites for hydroxylation is 1. The smallest absolute Gasteiger partial charge is 0.337 e. The highest BCUT2D eigenvalue weighted by atomic mass is 35.5. The molecule has 2 N–H and O–H groups in total. The Morgan fingerprint density at radius 2 is 1.84 bits per heavy atom. The molecule has 5 nitrogen and oxygen atoms in total. The van der Waals surface area contributed by atoms with Crippen LogP contribution < -0.4 is 10.6 Å². The van der Waals surface area contributed by atoms with Crippen molar-refractivity contribution in [2.75, 3.05) is 24.3 Å². The van der Waals surface area contributed by atoms with E-state index >= 15 is 0 Å². The third-order valence-corrected chi connectivity index (χ3v) is 4.25. The van der Waals surface area contributed by atoms with Crippen molar-refractivity contribution in [3.8, 4) is 0 Å². The Bertz CT molecular complexity index is 794. The normalized spacial score (nSPS) is 10.2. The minimum absolute atomic E-state index is 0.226. The average molecular weight is 381 g/mol. The molecule has 0 bridgehead atoms. The molecule has 0 saturated heterocycles. The molecule has 0 radical (unpaired) electrons. The second-order valence-electron chi connectivity index (χ2n) is 5.38. The lowest BCUT2D eigenvalue weighted by Gasteiger charge is -2.10. The van der Waals surface area contributed by atoms with Gasteiger partial charge in [-0.2, -0.15) is 0 Å². The molecule has 0 aliphatic rings. The second kappa shape index (κ2) is 8.74. The zero-order chi connectivity index (χ0) is 18.4. The Balaban J connectivity index is 1.91. The van der Waals surface area contributed by atoms with E-state index in [0.29, 0.717) is 27.8 Å². The number of carbonyl (C=O) groups excluding carboxylic acids is 2. The number of methoxy groups -OCH3 is 1. The molecule has 2 aromatic rings. The van der Waals surface area contributed by atoms with Gasteiger partial charge in [-0.05, 0) is 42.8 Å². The molecule has 1 amide bonds. The lowest BCUT2D eigenvalue weighted by Crippen LogP contribution is -2.17. The van der Waals surface area contributed by atoms with Crippen LogP contribution in [0.1, 0.15) is 22.3 Å². The van der Waals surface area contributed by atoms with Gasteiger partial charge in [-0.25, -0.2) is 4.79 Å². The third-order valence-electron chi connectivity index (χ3n) is 3.51. The van der Waals surface area contributed by atoms with Gasteiger partial charge in [0.15, 0.2) is 0 Å². The minimum atomic E-state index is -0.495. The van der Waals surface area contributed by atoms with Gasteiger partial charge in [0, 0.05) is 23.7 Å². The molecule has 2 rings (SSSR count). The fourth-order valence-corrected chi connectivity index (χ4v) is 2.45. The van der Waals surface area contributed by atoms with Crippen LogP contribution in [0.5, 0.6) is 0 Å². The number of esters is 1. The molecule has 0 heterocycles. The van der Waals surface area contributed by atoms with Crippen molar-refractivity contribution in [3.05, 3.63) is 57.6 Å². The molecule has 0 unspecified atom stereocenters. The van der Waals surface area contributed by atoms with E-state index in [9.17, 15) is 9.59 Å². The number of halogens is 2. The van der Waals surface area contributed by atoms with Gasteiger partial charge < -0.3 is 15.4 Å². The molecule has 0 aromatic heterocycles. The Morgan fingerprint density at radius 1 is 1.08 bits per heavy atom. The van der Waals surface area contributed by atoms with Crippen LogP contribution in [0.25, 0.3) is 0 Å². The Morgan fingerprint density at radius 3 is 2.52 bits per heavy atom. The van der Waals surface area contributed by atoms with E-state index in [1.165, 1.54) is 25.3 Å². The van der Waals surface area contributed by atoms with Gasteiger partial charge >= 0.3 is 5.97 Å². The summed E-state index contributed by atoms with van der Waals surface area (Å²) in [6, 6.07) is 10.2. The van der Waals surface area contributed by atoms with E-state index in [4.69, 9.17) is 23.2 Å². The summed E-state index contributed by atoms with van der Waals surface area (Å²) in [4.78, 5) is 23.6. The van der Waals surface area contributed by atoms with Crippen LogP contribution in [0.2, 0.25) is 10.0 Å². The maximum atomic E-state index is 12.1.